The molecule has 4 nitrogen and oxygen atoms in total. The van der Waals surface area contributed by atoms with Crippen molar-refractivity contribution < 1.29 is 34.9 Å². The van der Waals surface area contributed by atoms with Crippen molar-refractivity contribution in [1.29, 1.82) is 5.26 Å². The molecule has 0 N–H and O–H groups in total. The molecule has 0 radical (unpaired) electrons. The Morgan fingerprint density at radius 3 is 2.38 bits per heavy atom. The SMILES string of the molecule is N#Cc1nn(-c2c(F)cc(C(F)(F)F)cc2Cl)c(C(F)F)c1S(=O)CF. The number of rotatable bonds is 4. The van der Waals surface area contributed by atoms with Gasteiger partial charge in [0.1, 0.15) is 22.3 Å². The molecule has 1 unspecified atom stereocenters. The van der Waals surface area contributed by atoms with E-state index in [0.717, 1.165) is 0 Å². The topological polar surface area (TPSA) is 58.7 Å². The predicted molar refractivity (Wildman–Crippen MR) is 75.6 cm³/mol. The number of aromatic nitrogens is 2. The van der Waals surface area contributed by atoms with Gasteiger partial charge in [-0.25, -0.2) is 22.2 Å². The number of alkyl halides is 6. The maximum atomic E-state index is 14.2. The van der Waals surface area contributed by atoms with E-state index in [4.69, 9.17) is 16.9 Å². The fourth-order valence-electron chi connectivity index (χ4n) is 2.06. The van der Waals surface area contributed by atoms with Gasteiger partial charge in [-0.05, 0) is 12.1 Å². The summed E-state index contributed by atoms with van der Waals surface area (Å²) in [6, 6.07) is -0.0668. The summed E-state index contributed by atoms with van der Waals surface area (Å²) in [4.78, 5) is -0.986. The smallest absolute Gasteiger partial charge is 0.251 e. The molecule has 2 aromatic rings. The average Bonchev–Trinajstić information content (AvgIpc) is 2.92. The standard InChI is InChI=1S/C13H5ClF7N3OS/c14-6-1-5(13(19,20)21)2-7(16)9(6)24-10(12(17)18)11(26(25)4-15)8(3-22)23-24/h1-2,12H,4H2. The molecule has 1 aromatic heterocycles. The minimum Gasteiger partial charge on any atom is -0.251 e. The molecular weight excluding hydrogens is 415 g/mol. The minimum atomic E-state index is -4.96. The number of hydrogen-bond donors (Lipinski definition) is 0. The van der Waals surface area contributed by atoms with Gasteiger partial charge >= 0.3 is 6.18 Å². The van der Waals surface area contributed by atoms with Gasteiger partial charge in [-0.2, -0.15) is 23.5 Å². The van der Waals surface area contributed by atoms with Crippen LogP contribution in [0.15, 0.2) is 17.0 Å². The van der Waals surface area contributed by atoms with Crippen molar-refractivity contribution >= 4 is 22.4 Å². The van der Waals surface area contributed by atoms with E-state index in [0.29, 0.717) is 0 Å². The highest BCUT2D eigenvalue weighted by Crippen LogP contribution is 2.37. The first-order chi connectivity index (χ1) is 12.0. The van der Waals surface area contributed by atoms with Crippen LogP contribution < -0.4 is 0 Å². The summed E-state index contributed by atoms with van der Waals surface area (Å²) in [5.41, 5.74) is -4.71. The molecular formula is C13H5ClF7N3OS. The molecule has 1 heterocycles. The zero-order valence-electron chi connectivity index (χ0n) is 12.1. The van der Waals surface area contributed by atoms with E-state index in [2.05, 4.69) is 5.10 Å². The van der Waals surface area contributed by atoms with Crippen LogP contribution in [0.2, 0.25) is 5.02 Å². The highest BCUT2D eigenvalue weighted by atomic mass is 35.5. The normalized spacial score (nSPS) is 13.1. The van der Waals surface area contributed by atoms with Crippen LogP contribution in [0.3, 0.4) is 0 Å². The number of nitrogens with zero attached hydrogens (tertiary/aromatic N) is 3. The highest BCUT2D eigenvalue weighted by Gasteiger charge is 2.35. The molecule has 0 aliphatic heterocycles. The van der Waals surface area contributed by atoms with Gasteiger partial charge in [0, 0.05) is 0 Å². The van der Waals surface area contributed by atoms with Gasteiger partial charge in [-0.15, -0.1) is 0 Å². The van der Waals surface area contributed by atoms with Gasteiger partial charge in [0.05, 0.1) is 21.4 Å². The van der Waals surface area contributed by atoms with E-state index in [1.807, 2.05) is 0 Å². The largest absolute Gasteiger partial charge is 0.416 e. The van der Waals surface area contributed by atoms with E-state index in [-0.39, 0.29) is 16.8 Å². The zero-order chi connectivity index (χ0) is 19.8. The Balaban J connectivity index is 2.84. The molecule has 2 rings (SSSR count). The van der Waals surface area contributed by atoms with Crippen molar-refractivity contribution in [2.75, 3.05) is 6.01 Å². The summed E-state index contributed by atoms with van der Waals surface area (Å²) in [6.07, 6.45) is -8.47. The maximum Gasteiger partial charge on any atom is 0.416 e. The third-order valence-corrected chi connectivity index (χ3v) is 4.42. The average molecular weight is 420 g/mol. The Bertz CT molecular complexity index is 897. The van der Waals surface area contributed by atoms with Gasteiger partial charge in [-0.3, -0.25) is 4.21 Å². The monoisotopic (exact) mass is 419 g/mol. The van der Waals surface area contributed by atoms with Crippen molar-refractivity contribution in [1.82, 2.24) is 9.78 Å². The Hall–Kier alpha value is -2.13. The lowest BCUT2D eigenvalue weighted by atomic mass is 10.2. The zero-order valence-corrected chi connectivity index (χ0v) is 13.7. The Kier molecular flexibility index (Phi) is 5.62. The Morgan fingerprint density at radius 1 is 1.35 bits per heavy atom. The van der Waals surface area contributed by atoms with Gasteiger partial charge in [0.25, 0.3) is 6.43 Å². The molecule has 0 aliphatic rings. The molecule has 0 spiro atoms. The quantitative estimate of drug-likeness (QED) is 0.684. The number of nitriles is 1. The fraction of sp³-hybridized carbons (Fsp3) is 0.231. The third-order valence-electron chi connectivity index (χ3n) is 3.07. The molecule has 1 atom stereocenters. The van der Waals surface area contributed by atoms with Crippen LogP contribution in [-0.2, 0) is 17.0 Å². The molecule has 0 fully saturated rings. The van der Waals surface area contributed by atoms with E-state index >= 15 is 0 Å². The first-order valence-corrected chi connectivity index (χ1v) is 8.04. The first-order valence-electron chi connectivity index (χ1n) is 6.35. The minimum absolute atomic E-state index is 0.00399. The van der Waals surface area contributed by atoms with E-state index in [1.165, 1.54) is 6.07 Å². The summed E-state index contributed by atoms with van der Waals surface area (Å²) < 4.78 is 103. The van der Waals surface area contributed by atoms with Gasteiger partial charge in [0.15, 0.2) is 17.5 Å². The summed E-state index contributed by atoms with van der Waals surface area (Å²) in [5.74, 6) is -1.67. The number of halogens is 8. The first kappa shape index (κ1) is 20.2. The van der Waals surface area contributed by atoms with E-state index in [9.17, 15) is 34.9 Å². The van der Waals surface area contributed by atoms with Crippen LogP contribution >= 0.6 is 11.6 Å². The molecule has 13 heteroatoms. The van der Waals surface area contributed by atoms with Crippen molar-refractivity contribution in [3.05, 3.63) is 39.9 Å². The van der Waals surface area contributed by atoms with Crippen molar-refractivity contribution in [2.45, 2.75) is 17.5 Å². The van der Waals surface area contributed by atoms with E-state index in [1.54, 1.807) is 0 Å². The highest BCUT2D eigenvalue weighted by molar-refractivity contribution is 7.85. The Labute approximate surface area is 148 Å². The Morgan fingerprint density at radius 2 is 1.96 bits per heavy atom. The molecule has 0 saturated heterocycles. The molecule has 0 saturated carbocycles. The van der Waals surface area contributed by atoms with Crippen LogP contribution in [0, 0.1) is 17.1 Å². The molecule has 140 valence electrons. The molecule has 1 aromatic carbocycles. The summed E-state index contributed by atoms with van der Waals surface area (Å²) in [7, 11) is -2.72. The number of benzene rings is 1. The molecule has 0 bridgehead atoms. The van der Waals surface area contributed by atoms with Crippen LogP contribution in [0.4, 0.5) is 30.7 Å². The van der Waals surface area contributed by atoms with Gasteiger partial charge in [0.2, 0.25) is 0 Å². The van der Waals surface area contributed by atoms with Crippen molar-refractivity contribution in [3.8, 4) is 11.8 Å². The van der Waals surface area contributed by atoms with E-state index < -0.39 is 67.8 Å². The second-order valence-electron chi connectivity index (χ2n) is 4.63. The lowest BCUT2D eigenvalue weighted by Gasteiger charge is -2.13. The van der Waals surface area contributed by atoms with Gasteiger partial charge in [-0.1, -0.05) is 11.6 Å². The second-order valence-corrected chi connectivity index (χ2v) is 6.35. The fourth-order valence-corrected chi connectivity index (χ4v) is 3.17. The van der Waals surface area contributed by atoms with Crippen LogP contribution in [0.5, 0.6) is 0 Å². The summed E-state index contributed by atoms with van der Waals surface area (Å²) >= 11 is 5.59. The predicted octanol–water partition coefficient (Wildman–Crippen LogP) is 4.53. The molecule has 0 aliphatic carbocycles. The number of hydrogen-bond acceptors (Lipinski definition) is 3. The van der Waals surface area contributed by atoms with Crippen LogP contribution in [0.1, 0.15) is 23.4 Å². The van der Waals surface area contributed by atoms with Crippen molar-refractivity contribution in [2.24, 2.45) is 0 Å². The second kappa shape index (κ2) is 7.24. The summed E-state index contributed by atoms with van der Waals surface area (Å²) in [5, 5.41) is 11.3. The lowest BCUT2D eigenvalue weighted by Crippen LogP contribution is -2.11. The molecule has 0 amide bonds. The van der Waals surface area contributed by atoms with Crippen molar-refractivity contribution in [3.63, 3.8) is 0 Å². The van der Waals surface area contributed by atoms with Gasteiger partial charge < -0.3 is 0 Å². The van der Waals surface area contributed by atoms with Crippen LogP contribution in [-0.4, -0.2) is 20.0 Å². The maximum absolute atomic E-state index is 14.2. The third kappa shape index (κ3) is 3.54. The lowest BCUT2D eigenvalue weighted by molar-refractivity contribution is -0.137. The van der Waals surface area contributed by atoms with Crippen LogP contribution in [0.25, 0.3) is 5.69 Å². The molecule has 26 heavy (non-hydrogen) atoms. The summed E-state index contributed by atoms with van der Waals surface area (Å²) in [6.45, 7) is 0.